The molecular formula is C11H24N4O. The van der Waals surface area contributed by atoms with Crippen molar-refractivity contribution in [1.82, 2.24) is 10.2 Å². The lowest BCUT2D eigenvalue weighted by atomic mass is 9.99. The largest absolute Gasteiger partial charge is 0.383 e. The van der Waals surface area contributed by atoms with Gasteiger partial charge in [-0.3, -0.25) is 4.99 Å². The molecule has 1 unspecified atom stereocenters. The van der Waals surface area contributed by atoms with Crippen molar-refractivity contribution in [3.8, 4) is 0 Å². The summed E-state index contributed by atoms with van der Waals surface area (Å²) in [5, 5.41) is 3.02. The van der Waals surface area contributed by atoms with E-state index >= 15 is 0 Å². The number of guanidine groups is 1. The van der Waals surface area contributed by atoms with Gasteiger partial charge in [-0.25, -0.2) is 0 Å². The molecule has 0 aromatic heterocycles. The molecule has 1 rings (SSSR count). The maximum atomic E-state index is 5.74. The van der Waals surface area contributed by atoms with Gasteiger partial charge in [-0.15, -0.1) is 0 Å². The molecule has 5 nitrogen and oxygen atoms in total. The molecule has 0 radical (unpaired) electrons. The zero-order valence-corrected chi connectivity index (χ0v) is 10.4. The molecule has 1 heterocycles. The Hall–Kier alpha value is -0.810. The Bertz CT molecular complexity index is 220. The van der Waals surface area contributed by atoms with Gasteiger partial charge in [0.15, 0.2) is 5.96 Å². The van der Waals surface area contributed by atoms with Crippen LogP contribution in [-0.2, 0) is 4.74 Å². The summed E-state index contributed by atoms with van der Waals surface area (Å²) in [6, 6.07) is 0. The maximum absolute atomic E-state index is 5.74. The van der Waals surface area contributed by atoms with Crippen molar-refractivity contribution in [3.05, 3.63) is 0 Å². The van der Waals surface area contributed by atoms with E-state index in [9.17, 15) is 0 Å². The van der Waals surface area contributed by atoms with Crippen LogP contribution in [0.4, 0.5) is 0 Å². The lowest BCUT2D eigenvalue weighted by molar-refractivity contribution is 0.203. The molecule has 5 heteroatoms. The van der Waals surface area contributed by atoms with Gasteiger partial charge in [0.2, 0.25) is 0 Å². The van der Waals surface area contributed by atoms with E-state index in [0.717, 1.165) is 19.6 Å². The highest BCUT2D eigenvalue weighted by Gasteiger charge is 2.16. The van der Waals surface area contributed by atoms with Gasteiger partial charge in [-0.1, -0.05) is 0 Å². The Morgan fingerprint density at radius 1 is 1.62 bits per heavy atom. The monoisotopic (exact) mass is 228 g/mol. The number of hydrogen-bond donors (Lipinski definition) is 2. The van der Waals surface area contributed by atoms with Crippen molar-refractivity contribution < 1.29 is 4.74 Å². The van der Waals surface area contributed by atoms with Crippen molar-refractivity contribution in [1.29, 1.82) is 0 Å². The van der Waals surface area contributed by atoms with Crippen LogP contribution < -0.4 is 11.1 Å². The Morgan fingerprint density at radius 3 is 3.12 bits per heavy atom. The van der Waals surface area contributed by atoms with Gasteiger partial charge in [-0.05, 0) is 32.4 Å². The van der Waals surface area contributed by atoms with Crippen molar-refractivity contribution in [2.75, 3.05) is 46.9 Å². The molecule has 1 atom stereocenters. The van der Waals surface area contributed by atoms with E-state index < -0.39 is 0 Å². The number of hydrogen-bond acceptors (Lipinski definition) is 3. The molecule has 0 bridgehead atoms. The van der Waals surface area contributed by atoms with Crippen molar-refractivity contribution >= 4 is 5.96 Å². The summed E-state index contributed by atoms with van der Waals surface area (Å²) in [5.74, 6) is 1.19. The van der Waals surface area contributed by atoms with Gasteiger partial charge >= 0.3 is 0 Å². The highest BCUT2D eigenvalue weighted by atomic mass is 16.5. The molecular weight excluding hydrogens is 204 g/mol. The molecule has 0 aliphatic carbocycles. The van der Waals surface area contributed by atoms with Gasteiger partial charge in [0.25, 0.3) is 0 Å². The second-order valence-electron chi connectivity index (χ2n) is 4.42. The van der Waals surface area contributed by atoms with E-state index in [2.05, 4.69) is 22.3 Å². The molecule has 1 saturated heterocycles. The highest BCUT2D eigenvalue weighted by molar-refractivity contribution is 5.77. The Labute approximate surface area is 98.0 Å². The topological polar surface area (TPSA) is 62.9 Å². The van der Waals surface area contributed by atoms with Crippen molar-refractivity contribution in [2.45, 2.75) is 12.8 Å². The third-order valence-corrected chi connectivity index (χ3v) is 2.85. The SMILES string of the molecule is COCCNC(N)=NCC1CCCN(C)C1. The second-order valence-corrected chi connectivity index (χ2v) is 4.42. The Balaban J connectivity index is 2.18. The van der Waals surface area contributed by atoms with E-state index in [0.29, 0.717) is 18.5 Å². The molecule has 1 aliphatic rings. The summed E-state index contributed by atoms with van der Waals surface area (Å²) in [5.41, 5.74) is 5.74. The van der Waals surface area contributed by atoms with Crippen LogP contribution in [0.2, 0.25) is 0 Å². The Kier molecular flexibility index (Phi) is 6.18. The van der Waals surface area contributed by atoms with Crippen LogP contribution >= 0.6 is 0 Å². The standard InChI is InChI=1S/C11H24N4O/c1-15-6-3-4-10(9-15)8-14-11(12)13-5-7-16-2/h10H,3-9H2,1-2H3,(H3,12,13,14). The van der Waals surface area contributed by atoms with Crippen LogP contribution in [0.15, 0.2) is 4.99 Å². The number of likely N-dealkylation sites (tertiary alicyclic amines) is 1. The van der Waals surface area contributed by atoms with Gasteiger partial charge < -0.3 is 20.7 Å². The molecule has 1 aliphatic heterocycles. The zero-order valence-electron chi connectivity index (χ0n) is 10.4. The number of methoxy groups -OCH3 is 1. The van der Waals surface area contributed by atoms with Crippen LogP contribution in [0.5, 0.6) is 0 Å². The van der Waals surface area contributed by atoms with Gasteiger partial charge in [0.05, 0.1) is 6.61 Å². The van der Waals surface area contributed by atoms with Gasteiger partial charge in [0, 0.05) is 26.7 Å². The van der Waals surface area contributed by atoms with Crippen molar-refractivity contribution in [3.63, 3.8) is 0 Å². The molecule has 0 amide bonds. The first-order chi connectivity index (χ1) is 7.72. The van der Waals surface area contributed by atoms with E-state index in [1.807, 2.05) is 0 Å². The summed E-state index contributed by atoms with van der Waals surface area (Å²) in [6.07, 6.45) is 2.53. The third kappa shape index (κ3) is 5.32. The normalized spacial score (nSPS) is 23.4. The van der Waals surface area contributed by atoms with Crippen LogP contribution in [0.1, 0.15) is 12.8 Å². The van der Waals surface area contributed by atoms with E-state index in [1.54, 1.807) is 7.11 Å². The summed E-state index contributed by atoms with van der Waals surface area (Å²) in [6.45, 7) is 4.55. The third-order valence-electron chi connectivity index (χ3n) is 2.85. The predicted octanol–water partition coefficient (Wildman–Crippen LogP) is -0.121. The number of nitrogens with two attached hydrogens (primary N) is 1. The lowest BCUT2D eigenvalue weighted by Gasteiger charge is -2.28. The van der Waals surface area contributed by atoms with Crippen LogP contribution in [0, 0.1) is 5.92 Å². The average Bonchev–Trinajstić information content (AvgIpc) is 2.27. The zero-order chi connectivity index (χ0) is 11.8. The number of ether oxygens (including phenoxy) is 1. The molecule has 0 aromatic rings. The second kappa shape index (κ2) is 7.46. The minimum atomic E-state index is 0.533. The quantitative estimate of drug-likeness (QED) is 0.391. The Morgan fingerprint density at radius 2 is 2.44 bits per heavy atom. The van der Waals surface area contributed by atoms with Crippen LogP contribution in [-0.4, -0.2) is 57.8 Å². The van der Waals surface area contributed by atoms with Crippen LogP contribution in [0.3, 0.4) is 0 Å². The minimum Gasteiger partial charge on any atom is -0.383 e. The number of aliphatic imine (C=N–C) groups is 1. The molecule has 94 valence electrons. The first-order valence-electron chi connectivity index (χ1n) is 5.93. The molecule has 0 spiro atoms. The smallest absolute Gasteiger partial charge is 0.188 e. The van der Waals surface area contributed by atoms with Gasteiger partial charge in [0.1, 0.15) is 0 Å². The number of nitrogens with zero attached hydrogens (tertiary/aromatic N) is 2. The highest BCUT2D eigenvalue weighted by Crippen LogP contribution is 2.14. The first-order valence-corrected chi connectivity index (χ1v) is 5.93. The van der Waals surface area contributed by atoms with Crippen molar-refractivity contribution in [2.24, 2.45) is 16.6 Å². The number of piperidine rings is 1. The predicted molar refractivity (Wildman–Crippen MR) is 66.6 cm³/mol. The maximum Gasteiger partial charge on any atom is 0.188 e. The number of nitrogens with one attached hydrogen (secondary N) is 1. The molecule has 16 heavy (non-hydrogen) atoms. The first kappa shape index (κ1) is 13.3. The van der Waals surface area contributed by atoms with E-state index in [1.165, 1.54) is 19.4 Å². The van der Waals surface area contributed by atoms with Gasteiger partial charge in [-0.2, -0.15) is 0 Å². The summed E-state index contributed by atoms with van der Waals surface area (Å²) < 4.78 is 4.92. The summed E-state index contributed by atoms with van der Waals surface area (Å²) in [4.78, 5) is 6.71. The fraction of sp³-hybridized carbons (Fsp3) is 0.909. The van der Waals surface area contributed by atoms with E-state index in [-0.39, 0.29) is 0 Å². The van der Waals surface area contributed by atoms with E-state index in [4.69, 9.17) is 10.5 Å². The fourth-order valence-corrected chi connectivity index (χ4v) is 1.99. The molecule has 1 fully saturated rings. The molecule has 3 N–H and O–H groups in total. The summed E-state index contributed by atoms with van der Waals surface area (Å²) >= 11 is 0. The lowest BCUT2D eigenvalue weighted by Crippen LogP contribution is -2.36. The molecule has 0 saturated carbocycles. The fourth-order valence-electron chi connectivity index (χ4n) is 1.99. The number of rotatable bonds is 5. The van der Waals surface area contributed by atoms with Crippen LogP contribution in [0.25, 0.3) is 0 Å². The molecule has 0 aromatic carbocycles. The summed E-state index contributed by atoms with van der Waals surface area (Å²) in [7, 11) is 3.84. The average molecular weight is 228 g/mol. The minimum absolute atomic E-state index is 0.533.